The van der Waals surface area contributed by atoms with Crippen LogP contribution < -0.4 is 22.1 Å². The molecule has 0 saturated carbocycles. The van der Waals surface area contributed by atoms with E-state index in [1.54, 1.807) is 27.8 Å². The van der Waals surface area contributed by atoms with Crippen LogP contribution in [0.15, 0.2) is 47.3 Å². The predicted octanol–water partition coefficient (Wildman–Crippen LogP) is 3.53. The van der Waals surface area contributed by atoms with Crippen LogP contribution in [0.3, 0.4) is 0 Å². The van der Waals surface area contributed by atoms with Crippen LogP contribution in [-0.4, -0.2) is 57.3 Å². The Bertz CT molecular complexity index is 1670. The molecular formula is C35H47N5O8. The summed E-state index contributed by atoms with van der Waals surface area (Å²) in [5, 5.41) is 5.14. The van der Waals surface area contributed by atoms with Gasteiger partial charge in [-0.2, -0.15) is 0 Å². The maximum atomic E-state index is 13.1. The van der Waals surface area contributed by atoms with E-state index in [1.165, 1.54) is 9.13 Å². The normalized spacial score (nSPS) is 16.4. The lowest BCUT2D eigenvalue weighted by Gasteiger charge is -2.27. The number of amides is 4. The Balaban J connectivity index is 1.26. The van der Waals surface area contributed by atoms with Crippen LogP contribution in [-0.2, 0) is 55.3 Å². The molecule has 13 heteroatoms. The van der Waals surface area contributed by atoms with Crippen LogP contribution in [0.25, 0.3) is 11.0 Å². The number of carbonyl (C=O) groups is 4. The second-order valence-corrected chi connectivity index (χ2v) is 13.2. The molecule has 2 heterocycles. The number of rotatable bonds is 15. The van der Waals surface area contributed by atoms with E-state index in [-0.39, 0.29) is 30.9 Å². The van der Waals surface area contributed by atoms with E-state index in [4.69, 9.17) is 19.9 Å². The summed E-state index contributed by atoms with van der Waals surface area (Å²) < 4.78 is 20.4. The third kappa shape index (κ3) is 9.77. The molecule has 3 atom stereocenters. The number of nitrogens with one attached hydrogen (secondary N) is 2. The molecular weight excluding hydrogens is 618 g/mol. The minimum absolute atomic E-state index is 0.111. The fourth-order valence-electron chi connectivity index (χ4n) is 5.75. The van der Waals surface area contributed by atoms with E-state index in [1.807, 2.05) is 49.4 Å². The first-order valence-corrected chi connectivity index (χ1v) is 16.3. The number of nitrogens with two attached hydrogens (primary N) is 1. The highest BCUT2D eigenvalue weighted by atomic mass is 16.6. The summed E-state index contributed by atoms with van der Waals surface area (Å²) in [6, 6.07) is 12.5. The molecule has 3 aromatic rings. The molecule has 1 fully saturated rings. The Hall–Kier alpha value is -4.49. The number of fused-ring (bicyclic) bond motifs is 1. The van der Waals surface area contributed by atoms with Crippen LogP contribution in [0.4, 0.5) is 4.79 Å². The van der Waals surface area contributed by atoms with E-state index in [2.05, 4.69) is 10.6 Å². The van der Waals surface area contributed by atoms with Gasteiger partial charge in [-0.25, -0.2) is 9.59 Å². The maximum Gasteiger partial charge on any atom is 0.407 e. The molecule has 0 bridgehead atoms. The van der Waals surface area contributed by atoms with Crippen LogP contribution >= 0.6 is 0 Å². The maximum absolute atomic E-state index is 13.1. The first kappa shape index (κ1) is 36.3. The van der Waals surface area contributed by atoms with Gasteiger partial charge >= 0.3 is 11.8 Å². The summed E-state index contributed by atoms with van der Waals surface area (Å²) >= 11 is 0. The number of hydrogen-bond acceptors (Lipinski definition) is 8. The van der Waals surface area contributed by atoms with Gasteiger partial charge in [0.15, 0.2) is 0 Å². The Morgan fingerprint density at radius 2 is 1.77 bits per heavy atom. The molecule has 1 saturated heterocycles. The number of aromatic nitrogens is 2. The number of primary amides is 1. The Morgan fingerprint density at radius 3 is 2.44 bits per heavy atom. The monoisotopic (exact) mass is 665 g/mol. The van der Waals surface area contributed by atoms with Gasteiger partial charge in [-0.05, 0) is 70.6 Å². The van der Waals surface area contributed by atoms with E-state index in [9.17, 15) is 24.0 Å². The molecule has 260 valence electrons. The van der Waals surface area contributed by atoms with Gasteiger partial charge in [-0.1, -0.05) is 36.4 Å². The zero-order valence-electron chi connectivity index (χ0n) is 28.4. The molecule has 1 aliphatic rings. The van der Waals surface area contributed by atoms with Crippen molar-refractivity contribution in [2.24, 2.45) is 12.8 Å². The number of para-hydroxylation sites is 1. The van der Waals surface area contributed by atoms with Crippen LogP contribution in [0.5, 0.6) is 0 Å². The van der Waals surface area contributed by atoms with Crippen LogP contribution in [0.2, 0.25) is 0 Å². The minimum atomic E-state index is -0.734. The summed E-state index contributed by atoms with van der Waals surface area (Å²) in [6.07, 6.45) is 1.54. The molecule has 2 aromatic carbocycles. The van der Waals surface area contributed by atoms with Gasteiger partial charge < -0.3 is 25.3 Å². The molecule has 4 N–H and O–H groups in total. The summed E-state index contributed by atoms with van der Waals surface area (Å²) in [5.74, 6) is -1.24. The Kier molecular flexibility index (Phi) is 12.2. The van der Waals surface area contributed by atoms with Gasteiger partial charge in [-0.3, -0.25) is 28.8 Å². The first-order chi connectivity index (χ1) is 22.7. The average Bonchev–Trinajstić information content (AvgIpc) is 3.27. The van der Waals surface area contributed by atoms with E-state index < -0.39 is 41.7 Å². The number of benzene rings is 2. The van der Waals surface area contributed by atoms with Gasteiger partial charge in [0.1, 0.15) is 11.6 Å². The van der Waals surface area contributed by atoms with Crippen molar-refractivity contribution >= 4 is 34.8 Å². The predicted molar refractivity (Wildman–Crippen MR) is 179 cm³/mol. The van der Waals surface area contributed by atoms with Crippen molar-refractivity contribution < 1.29 is 33.4 Å². The second kappa shape index (κ2) is 16.1. The molecule has 1 unspecified atom stereocenters. The largest absolute Gasteiger partial charge is 0.444 e. The van der Waals surface area contributed by atoms with Gasteiger partial charge in [-0.15, -0.1) is 0 Å². The zero-order chi connectivity index (χ0) is 35.0. The molecule has 13 nitrogen and oxygen atoms in total. The summed E-state index contributed by atoms with van der Waals surface area (Å²) in [5.41, 5.74) is 8.67. The number of imidazole rings is 1. The number of imide groups is 1. The summed E-state index contributed by atoms with van der Waals surface area (Å²) in [4.78, 5) is 61.0. The van der Waals surface area contributed by atoms with Crippen molar-refractivity contribution in [2.45, 2.75) is 103 Å². The molecule has 0 spiro atoms. The molecule has 0 radical (unpaired) electrons. The van der Waals surface area contributed by atoms with Gasteiger partial charge in [0, 0.05) is 32.1 Å². The number of ether oxygens (including phenoxy) is 3. The SMILES string of the molecule is C[C@@H](OCc1ccc(CCCOCc2cccc3c2n(C)c(=O)n3C2CCC(=O)NC2=O)cc1)[C@H](CCC(N)=O)NC(=O)OC(C)(C)C. The third-order valence-corrected chi connectivity index (χ3v) is 8.23. The van der Waals surface area contributed by atoms with Gasteiger partial charge in [0.25, 0.3) is 0 Å². The molecule has 1 aromatic heterocycles. The lowest BCUT2D eigenvalue weighted by Crippen LogP contribution is -2.45. The standard InChI is InChI=1S/C35H47N5O8/c1-22(26(15-17-29(36)41)37-33(44)48-35(2,3)4)47-20-24-13-11-23(12-14-24)8-7-19-46-21-25-9-6-10-27-31(25)39(5)34(45)40(27)28-16-18-30(42)38-32(28)43/h6,9-14,22,26,28H,7-8,15-21H2,1-5H3,(H2,36,41)(H,37,44)(H,38,42,43)/t22-,26+,28?/m1/s1. The third-order valence-electron chi connectivity index (χ3n) is 8.23. The zero-order valence-corrected chi connectivity index (χ0v) is 28.4. The lowest BCUT2D eigenvalue weighted by atomic mass is 10.1. The minimum Gasteiger partial charge on any atom is -0.444 e. The van der Waals surface area contributed by atoms with Crippen molar-refractivity contribution in [3.05, 3.63) is 69.6 Å². The number of nitrogens with zero attached hydrogens (tertiary/aromatic N) is 2. The lowest BCUT2D eigenvalue weighted by molar-refractivity contribution is -0.135. The van der Waals surface area contributed by atoms with E-state index in [0.29, 0.717) is 37.3 Å². The van der Waals surface area contributed by atoms with E-state index >= 15 is 0 Å². The summed E-state index contributed by atoms with van der Waals surface area (Å²) in [6.45, 7) is 8.32. The fourth-order valence-corrected chi connectivity index (χ4v) is 5.75. The number of piperidine rings is 1. The smallest absolute Gasteiger partial charge is 0.407 e. The number of hydrogen-bond donors (Lipinski definition) is 3. The van der Waals surface area contributed by atoms with Crippen LogP contribution in [0, 0.1) is 0 Å². The van der Waals surface area contributed by atoms with Crippen molar-refractivity contribution in [3.63, 3.8) is 0 Å². The van der Waals surface area contributed by atoms with Crippen molar-refractivity contribution in [2.75, 3.05) is 6.61 Å². The number of alkyl carbamates (subject to hydrolysis) is 1. The summed E-state index contributed by atoms with van der Waals surface area (Å²) in [7, 11) is 1.68. The van der Waals surface area contributed by atoms with Gasteiger partial charge in [0.05, 0.1) is 36.4 Å². The highest BCUT2D eigenvalue weighted by Crippen LogP contribution is 2.25. The average molecular weight is 666 g/mol. The van der Waals surface area contributed by atoms with Crippen LogP contribution in [0.1, 0.15) is 82.5 Å². The highest BCUT2D eigenvalue weighted by molar-refractivity contribution is 6.00. The van der Waals surface area contributed by atoms with Crippen molar-refractivity contribution in [1.29, 1.82) is 0 Å². The van der Waals surface area contributed by atoms with E-state index in [0.717, 1.165) is 29.5 Å². The number of aryl methyl sites for hydroxylation is 2. The first-order valence-electron chi connectivity index (χ1n) is 16.3. The molecule has 0 aliphatic carbocycles. The Morgan fingerprint density at radius 1 is 1.06 bits per heavy atom. The molecule has 48 heavy (non-hydrogen) atoms. The Labute approximate surface area is 280 Å². The highest BCUT2D eigenvalue weighted by Gasteiger charge is 2.31. The topological polar surface area (TPSA) is 173 Å². The van der Waals surface area contributed by atoms with Crippen molar-refractivity contribution in [1.82, 2.24) is 19.8 Å². The molecule has 4 rings (SSSR count). The fraction of sp³-hybridized carbons (Fsp3) is 0.514. The second-order valence-electron chi connectivity index (χ2n) is 13.2. The molecule has 4 amide bonds. The van der Waals surface area contributed by atoms with Crippen molar-refractivity contribution in [3.8, 4) is 0 Å². The van der Waals surface area contributed by atoms with Gasteiger partial charge in [0.2, 0.25) is 17.7 Å². The number of carbonyl (C=O) groups excluding carboxylic acids is 4. The quantitative estimate of drug-likeness (QED) is 0.163. The molecule has 1 aliphatic heterocycles.